The summed E-state index contributed by atoms with van der Waals surface area (Å²) in [6, 6.07) is 4.26. The third kappa shape index (κ3) is 3.26. The first-order chi connectivity index (χ1) is 8.90. The molecular formula is C13H20N2O3S. The number of hydrogen-bond acceptors (Lipinski definition) is 4. The molecule has 1 saturated carbocycles. The minimum absolute atomic E-state index is 0.147. The van der Waals surface area contributed by atoms with Crippen LogP contribution in [0.1, 0.15) is 31.2 Å². The van der Waals surface area contributed by atoms with Crippen LogP contribution in [0.3, 0.4) is 0 Å². The fourth-order valence-corrected chi connectivity index (χ4v) is 3.64. The van der Waals surface area contributed by atoms with Gasteiger partial charge in [0.2, 0.25) is 10.0 Å². The molecule has 2 atom stereocenters. The molecule has 0 aromatic heterocycles. The molecule has 5 nitrogen and oxygen atoms in total. The van der Waals surface area contributed by atoms with E-state index in [1.807, 2.05) is 6.92 Å². The van der Waals surface area contributed by atoms with Crippen LogP contribution in [-0.2, 0) is 10.0 Å². The van der Waals surface area contributed by atoms with Crippen molar-refractivity contribution in [2.75, 3.05) is 5.73 Å². The number of aliphatic hydroxyl groups is 1. The number of hydrogen-bond donors (Lipinski definition) is 3. The highest BCUT2D eigenvalue weighted by atomic mass is 32.2. The van der Waals surface area contributed by atoms with E-state index in [-0.39, 0.29) is 4.90 Å². The maximum absolute atomic E-state index is 12.2. The lowest BCUT2D eigenvalue weighted by atomic mass is 9.93. The van der Waals surface area contributed by atoms with E-state index in [1.165, 1.54) is 12.1 Å². The minimum atomic E-state index is -3.62. The SMILES string of the molecule is Cc1ccc(S(=O)(=O)NC2CCCCC2O)cc1N. The zero-order chi connectivity index (χ0) is 14.0. The molecular weight excluding hydrogens is 264 g/mol. The van der Waals surface area contributed by atoms with Gasteiger partial charge in [0.1, 0.15) is 0 Å². The van der Waals surface area contributed by atoms with Crippen molar-refractivity contribution < 1.29 is 13.5 Å². The Labute approximate surface area is 113 Å². The minimum Gasteiger partial charge on any atom is -0.398 e. The van der Waals surface area contributed by atoms with Gasteiger partial charge >= 0.3 is 0 Å². The van der Waals surface area contributed by atoms with Crippen LogP contribution in [0.5, 0.6) is 0 Å². The van der Waals surface area contributed by atoms with Crippen LogP contribution in [0.25, 0.3) is 0 Å². The van der Waals surface area contributed by atoms with Gasteiger partial charge in [-0.1, -0.05) is 18.9 Å². The second-order valence-corrected chi connectivity index (χ2v) is 6.81. The molecule has 6 heteroatoms. The summed E-state index contributed by atoms with van der Waals surface area (Å²) in [4.78, 5) is 0.147. The fourth-order valence-electron chi connectivity index (χ4n) is 2.30. The molecule has 0 aliphatic heterocycles. The second kappa shape index (κ2) is 5.48. The predicted molar refractivity (Wildman–Crippen MR) is 74.2 cm³/mol. The number of sulfonamides is 1. The van der Waals surface area contributed by atoms with Gasteiger partial charge in [-0.05, 0) is 37.5 Å². The van der Waals surface area contributed by atoms with Gasteiger partial charge in [-0.3, -0.25) is 0 Å². The molecule has 1 aliphatic rings. The first-order valence-corrected chi connectivity index (χ1v) is 7.95. The smallest absolute Gasteiger partial charge is 0.240 e. The van der Waals surface area contributed by atoms with Crippen LogP contribution in [0.2, 0.25) is 0 Å². The Morgan fingerprint density at radius 1 is 1.32 bits per heavy atom. The van der Waals surface area contributed by atoms with E-state index in [1.54, 1.807) is 6.07 Å². The number of nitrogen functional groups attached to an aromatic ring is 1. The maximum Gasteiger partial charge on any atom is 0.240 e. The van der Waals surface area contributed by atoms with Crippen molar-refractivity contribution in [2.45, 2.75) is 49.6 Å². The molecule has 0 amide bonds. The van der Waals surface area contributed by atoms with Gasteiger partial charge < -0.3 is 10.8 Å². The molecule has 19 heavy (non-hydrogen) atoms. The van der Waals surface area contributed by atoms with Crippen LogP contribution in [0.15, 0.2) is 23.1 Å². The number of rotatable bonds is 3. The zero-order valence-corrected chi connectivity index (χ0v) is 11.8. The van der Waals surface area contributed by atoms with Crippen molar-refractivity contribution in [1.82, 2.24) is 4.72 Å². The van der Waals surface area contributed by atoms with Crippen molar-refractivity contribution in [3.63, 3.8) is 0 Å². The van der Waals surface area contributed by atoms with Gasteiger partial charge in [0.15, 0.2) is 0 Å². The molecule has 0 spiro atoms. The summed E-state index contributed by atoms with van der Waals surface area (Å²) in [6.07, 6.45) is 2.58. The highest BCUT2D eigenvalue weighted by molar-refractivity contribution is 7.89. The summed E-state index contributed by atoms with van der Waals surface area (Å²) >= 11 is 0. The summed E-state index contributed by atoms with van der Waals surface area (Å²) in [6.45, 7) is 1.82. The van der Waals surface area contributed by atoms with Crippen molar-refractivity contribution >= 4 is 15.7 Å². The highest BCUT2D eigenvalue weighted by Crippen LogP contribution is 2.22. The van der Waals surface area contributed by atoms with Crippen LogP contribution in [0, 0.1) is 6.92 Å². The Hall–Kier alpha value is -1.11. The van der Waals surface area contributed by atoms with Gasteiger partial charge in [0.25, 0.3) is 0 Å². The molecule has 0 heterocycles. The van der Waals surface area contributed by atoms with Crippen molar-refractivity contribution in [2.24, 2.45) is 0 Å². The van der Waals surface area contributed by atoms with Crippen LogP contribution in [-0.4, -0.2) is 25.7 Å². The number of aliphatic hydroxyl groups excluding tert-OH is 1. The van der Waals surface area contributed by atoms with E-state index in [4.69, 9.17) is 5.73 Å². The molecule has 0 saturated heterocycles. The molecule has 0 radical (unpaired) electrons. The monoisotopic (exact) mass is 284 g/mol. The first-order valence-electron chi connectivity index (χ1n) is 6.46. The highest BCUT2D eigenvalue weighted by Gasteiger charge is 2.28. The first kappa shape index (κ1) is 14.3. The van der Waals surface area contributed by atoms with E-state index in [0.717, 1.165) is 18.4 Å². The molecule has 106 valence electrons. The third-order valence-corrected chi connectivity index (χ3v) is 5.08. The van der Waals surface area contributed by atoms with E-state index in [0.29, 0.717) is 18.5 Å². The molecule has 1 fully saturated rings. The summed E-state index contributed by atoms with van der Waals surface area (Å²) in [5.41, 5.74) is 7.03. The van der Waals surface area contributed by atoms with Crippen molar-refractivity contribution in [3.8, 4) is 0 Å². The van der Waals surface area contributed by atoms with E-state index < -0.39 is 22.2 Å². The Balaban J connectivity index is 2.19. The Morgan fingerprint density at radius 3 is 2.63 bits per heavy atom. The summed E-state index contributed by atoms with van der Waals surface area (Å²) < 4.78 is 27.0. The van der Waals surface area contributed by atoms with E-state index in [2.05, 4.69) is 4.72 Å². The third-order valence-electron chi connectivity index (χ3n) is 3.60. The van der Waals surface area contributed by atoms with Gasteiger partial charge in [0.05, 0.1) is 11.0 Å². The average Bonchev–Trinajstić information content (AvgIpc) is 2.35. The van der Waals surface area contributed by atoms with Crippen LogP contribution in [0.4, 0.5) is 5.69 Å². The van der Waals surface area contributed by atoms with Gasteiger partial charge in [-0.15, -0.1) is 0 Å². The molecule has 1 aromatic carbocycles. The van der Waals surface area contributed by atoms with Crippen LogP contribution < -0.4 is 10.5 Å². The summed E-state index contributed by atoms with van der Waals surface area (Å²) in [5.74, 6) is 0. The standard InChI is InChI=1S/C13H20N2O3S/c1-9-6-7-10(8-11(9)14)19(17,18)15-12-4-2-3-5-13(12)16/h6-8,12-13,15-16H,2-5,14H2,1H3. The zero-order valence-electron chi connectivity index (χ0n) is 11.0. The molecule has 1 aliphatic carbocycles. The molecule has 0 bridgehead atoms. The number of nitrogens with two attached hydrogens (primary N) is 1. The lowest BCUT2D eigenvalue weighted by Crippen LogP contribution is -2.44. The van der Waals surface area contributed by atoms with Crippen molar-refractivity contribution in [1.29, 1.82) is 0 Å². The normalized spacial score (nSPS) is 24.3. The molecule has 2 rings (SSSR count). The summed E-state index contributed by atoms with van der Waals surface area (Å²) in [5, 5.41) is 9.83. The Morgan fingerprint density at radius 2 is 2.00 bits per heavy atom. The Bertz CT molecular complexity index is 557. The van der Waals surface area contributed by atoms with Gasteiger partial charge in [-0.25, -0.2) is 13.1 Å². The summed E-state index contributed by atoms with van der Waals surface area (Å²) in [7, 11) is -3.62. The van der Waals surface area contributed by atoms with Gasteiger partial charge in [-0.2, -0.15) is 0 Å². The molecule has 1 aromatic rings. The lowest BCUT2D eigenvalue weighted by molar-refractivity contribution is 0.101. The Kier molecular flexibility index (Phi) is 4.13. The maximum atomic E-state index is 12.2. The topological polar surface area (TPSA) is 92.4 Å². The quantitative estimate of drug-likeness (QED) is 0.726. The fraction of sp³-hybridized carbons (Fsp3) is 0.538. The number of nitrogens with one attached hydrogen (secondary N) is 1. The van der Waals surface area contributed by atoms with Gasteiger partial charge in [0, 0.05) is 11.7 Å². The number of aryl methyl sites for hydroxylation is 1. The predicted octanol–water partition coefficient (Wildman–Crippen LogP) is 1.16. The second-order valence-electron chi connectivity index (χ2n) is 5.10. The largest absolute Gasteiger partial charge is 0.398 e. The van der Waals surface area contributed by atoms with E-state index >= 15 is 0 Å². The van der Waals surface area contributed by atoms with Crippen molar-refractivity contribution in [3.05, 3.63) is 23.8 Å². The van der Waals surface area contributed by atoms with E-state index in [9.17, 15) is 13.5 Å². The average molecular weight is 284 g/mol. The number of benzene rings is 1. The van der Waals surface area contributed by atoms with Crippen LogP contribution >= 0.6 is 0 Å². The molecule has 2 unspecified atom stereocenters. The molecule has 4 N–H and O–H groups in total. The number of anilines is 1. The lowest BCUT2D eigenvalue weighted by Gasteiger charge is -2.28.